The lowest BCUT2D eigenvalue weighted by molar-refractivity contribution is 0.0693. The highest BCUT2D eigenvalue weighted by atomic mass is 35.5. The predicted molar refractivity (Wildman–Crippen MR) is 45.3 cm³/mol. The molecule has 0 aliphatic carbocycles. The van der Waals surface area contributed by atoms with Crippen LogP contribution in [0.2, 0.25) is 5.02 Å². The SMILES string of the molecule is O=C(O)c1cc(Cl)c(=S)[nH]c1O. The molecule has 64 valence electrons. The third-order valence-electron chi connectivity index (χ3n) is 1.21. The molecule has 0 bridgehead atoms. The molecule has 0 saturated heterocycles. The van der Waals surface area contributed by atoms with Crippen LogP contribution < -0.4 is 0 Å². The molecular formula is C6H4ClNO3S. The first-order valence-electron chi connectivity index (χ1n) is 2.87. The molecule has 0 spiro atoms. The predicted octanol–water partition coefficient (Wildman–Crippen LogP) is 1.80. The number of aromatic carboxylic acids is 1. The quantitative estimate of drug-likeness (QED) is 0.612. The molecule has 1 rings (SSSR count). The molecule has 0 saturated carbocycles. The highest BCUT2D eigenvalue weighted by molar-refractivity contribution is 7.71. The van der Waals surface area contributed by atoms with Gasteiger partial charge in [0.2, 0.25) is 5.88 Å². The van der Waals surface area contributed by atoms with Crippen LogP contribution in [0.1, 0.15) is 10.4 Å². The van der Waals surface area contributed by atoms with Crippen molar-refractivity contribution in [2.75, 3.05) is 0 Å². The van der Waals surface area contributed by atoms with E-state index in [0.717, 1.165) is 6.07 Å². The fraction of sp³-hybridized carbons (Fsp3) is 0. The van der Waals surface area contributed by atoms with Crippen LogP contribution in [0.5, 0.6) is 5.88 Å². The third-order valence-corrected chi connectivity index (χ3v) is 1.94. The molecule has 0 aliphatic rings. The number of nitrogens with one attached hydrogen (secondary N) is 1. The monoisotopic (exact) mass is 205 g/mol. The Morgan fingerprint density at radius 3 is 2.75 bits per heavy atom. The van der Waals surface area contributed by atoms with E-state index in [1.165, 1.54) is 0 Å². The fourth-order valence-corrected chi connectivity index (χ4v) is 0.970. The van der Waals surface area contributed by atoms with Crippen LogP contribution in [0.25, 0.3) is 0 Å². The Morgan fingerprint density at radius 2 is 2.25 bits per heavy atom. The first kappa shape index (κ1) is 9.02. The lowest BCUT2D eigenvalue weighted by Gasteiger charge is -1.99. The van der Waals surface area contributed by atoms with Crippen LogP contribution in [0.15, 0.2) is 6.07 Å². The van der Waals surface area contributed by atoms with E-state index < -0.39 is 11.8 Å². The van der Waals surface area contributed by atoms with Gasteiger partial charge in [-0.05, 0) is 6.07 Å². The number of aromatic amines is 1. The Hall–Kier alpha value is -1.07. The largest absolute Gasteiger partial charge is 0.494 e. The molecule has 6 heteroatoms. The summed E-state index contributed by atoms with van der Waals surface area (Å²) in [4.78, 5) is 12.7. The van der Waals surface area contributed by atoms with Gasteiger partial charge in [-0.1, -0.05) is 23.8 Å². The number of aromatic nitrogens is 1. The van der Waals surface area contributed by atoms with E-state index in [1.807, 2.05) is 0 Å². The minimum atomic E-state index is -1.26. The van der Waals surface area contributed by atoms with E-state index in [2.05, 4.69) is 17.2 Å². The highest BCUT2D eigenvalue weighted by Crippen LogP contribution is 2.19. The average Bonchev–Trinajstić information content (AvgIpc) is 1.96. The summed E-state index contributed by atoms with van der Waals surface area (Å²) in [6.07, 6.45) is 0. The second kappa shape index (κ2) is 3.12. The first-order chi connectivity index (χ1) is 5.52. The summed E-state index contributed by atoms with van der Waals surface area (Å²) < 4.78 is 0.110. The van der Waals surface area contributed by atoms with Gasteiger partial charge >= 0.3 is 5.97 Å². The molecule has 0 unspecified atom stereocenters. The second-order valence-corrected chi connectivity index (χ2v) is 2.83. The highest BCUT2D eigenvalue weighted by Gasteiger charge is 2.10. The van der Waals surface area contributed by atoms with Gasteiger partial charge in [0, 0.05) is 0 Å². The van der Waals surface area contributed by atoms with Crippen molar-refractivity contribution in [3.8, 4) is 5.88 Å². The molecule has 0 aliphatic heterocycles. The van der Waals surface area contributed by atoms with Gasteiger partial charge in [0.15, 0.2) is 0 Å². The van der Waals surface area contributed by atoms with Gasteiger partial charge in [-0.3, -0.25) is 0 Å². The van der Waals surface area contributed by atoms with Crippen molar-refractivity contribution in [3.05, 3.63) is 21.3 Å². The molecule has 0 fully saturated rings. The Bertz CT molecular complexity index is 387. The fourth-order valence-electron chi connectivity index (χ4n) is 0.658. The third kappa shape index (κ3) is 1.57. The Balaban J connectivity index is 3.43. The number of halogens is 1. The molecule has 0 atom stereocenters. The zero-order chi connectivity index (χ0) is 9.30. The van der Waals surface area contributed by atoms with Gasteiger partial charge in [-0.15, -0.1) is 0 Å². The molecule has 12 heavy (non-hydrogen) atoms. The van der Waals surface area contributed by atoms with Crippen LogP contribution in [0, 0.1) is 4.64 Å². The van der Waals surface area contributed by atoms with Gasteiger partial charge in [0.05, 0.1) is 5.02 Å². The number of pyridine rings is 1. The van der Waals surface area contributed by atoms with Crippen molar-refractivity contribution in [1.82, 2.24) is 4.98 Å². The lowest BCUT2D eigenvalue weighted by atomic mass is 10.3. The Labute approximate surface area is 77.4 Å². The number of hydrogen-bond acceptors (Lipinski definition) is 3. The number of aromatic hydroxyl groups is 1. The van der Waals surface area contributed by atoms with Crippen molar-refractivity contribution in [2.24, 2.45) is 0 Å². The number of carboxylic acid groups (broad SMARTS) is 1. The zero-order valence-corrected chi connectivity index (χ0v) is 7.24. The molecular weight excluding hydrogens is 202 g/mol. The number of carbonyl (C=O) groups is 1. The average molecular weight is 206 g/mol. The maximum atomic E-state index is 10.4. The normalized spacial score (nSPS) is 9.75. The lowest BCUT2D eigenvalue weighted by Crippen LogP contribution is -1.98. The maximum absolute atomic E-state index is 10.4. The second-order valence-electron chi connectivity index (χ2n) is 2.01. The van der Waals surface area contributed by atoms with Gasteiger partial charge < -0.3 is 15.2 Å². The number of H-pyrrole nitrogens is 1. The van der Waals surface area contributed by atoms with Crippen molar-refractivity contribution in [3.63, 3.8) is 0 Å². The topological polar surface area (TPSA) is 73.3 Å². The molecule has 3 N–H and O–H groups in total. The summed E-state index contributed by atoms with van der Waals surface area (Å²) >= 11 is 10.2. The Kier molecular flexibility index (Phi) is 2.35. The van der Waals surface area contributed by atoms with Gasteiger partial charge in [-0.2, -0.15) is 0 Å². The van der Waals surface area contributed by atoms with Crippen LogP contribution in [0.4, 0.5) is 0 Å². The first-order valence-corrected chi connectivity index (χ1v) is 3.66. The molecule has 1 aromatic heterocycles. The summed E-state index contributed by atoms with van der Waals surface area (Å²) in [6.45, 7) is 0. The van der Waals surface area contributed by atoms with Crippen LogP contribution >= 0.6 is 23.8 Å². The molecule has 0 aromatic carbocycles. The summed E-state index contributed by atoms with van der Waals surface area (Å²) in [5, 5.41) is 17.6. The van der Waals surface area contributed by atoms with Crippen molar-refractivity contribution >= 4 is 29.8 Å². The van der Waals surface area contributed by atoms with E-state index in [0.29, 0.717) is 0 Å². The smallest absolute Gasteiger partial charge is 0.341 e. The summed E-state index contributed by atoms with van der Waals surface area (Å²) in [5.41, 5.74) is -0.298. The standard InChI is InChI=1S/C6H4ClNO3S/c7-3-1-2(6(10)11)4(9)8-5(3)12/h1H,(H,10,11)(H2,8,9,12). The minimum Gasteiger partial charge on any atom is -0.494 e. The summed E-state index contributed by atoms with van der Waals surface area (Å²) in [5.74, 6) is -1.75. The molecule has 4 nitrogen and oxygen atoms in total. The van der Waals surface area contributed by atoms with E-state index in [4.69, 9.17) is 21.8 Å². The van der Waals surface area contributed by atoms with Crippen LogP contribution in [-0.4, -0.2) is 21.2 Å². The van der Waals surface area contributed by atoms with Crippen molar-refractivity contribution in [2.45, 2.75) is 0 Å². The van der Waals surface area contributed by atoms with E-state index in [1.54, 1.807) is 0 Å². The van der Waals surface area contributed by atoms with Gasteiger partial charge in [-0.25, -0.2) is 4.79 Å². The van der Waals surface area contributed by atoms with Crippen molar-refractivity contribution in [1.29, 1.82) is 0 Å². The number of rotatable bonds is 1. The number of carboxylic acids is 1. The summed E-state index contributed by atoms with van der Waals surface area (Å²) in [6, 6.07) is 1.10. The van der Waals surface area contributed by atoms with E-state index in [9.17, 15) is 4.79 Å². The molecule has 1 aromatic rings. The van der Waals surface area contributed by atoms with Gasteiger partial charge in [0.25, 0.3) is 0 Å². The molecule has 0 amide bonds. The minimum absolute atomic E-state index is 0.0974. The van der Waals surface area contributed by atoms with E-state index in [-0.39, 0.29) is 15.2 Å². The number of hydrogen-bond donors (Lipinski definition) is 3. The van der Waals surface area contributed by atoms with E-state index >= 15 is 0 Å². The van der Waals surface area contributed by atoms with Crippen molar-refractivity contribution < 1.29 is 15.0 Å². The van der Waals surface area contributed by atoms with Crippen LogP contribution in [0.3, 0.4) is 0 Å². The summed E-state index contributed by atoms with van der Waals surface area (Å²) in [7, 11) is 0. The van der Waals surface area contributed by atoms with Gasteiger partial charge in [0.1, 0.15) is 10.2 Å². The Morgan fingerprint density at radius 1 is 1.67 bits per heavy atom. The zero-order valence-electron chi connectivity index (χ0n) is 5.67. The maximum Gasteiger partial charge on any atom is 0.341 e. The molecule has 0 radical (unpaired) electrons. The molecule has 1 heterocycles. The van der Waals surface area contributed by atoms with Crippen LogP contribution in [-0.2, 0) is 0 Å².